The van der Waals surface area contributed by atoms with Crippen molar-refractivity contribution in [3.8, 4) is 11.3 Å². The van der Waals surface area contributed by atoms with Gasteiger partial charge in [-0.15, -0.1) is 0 Å². The van der Waals surface area contributed by atoms with E-state index in [1.165, 1.54) is 6.33 Å². The first-order valence-corrected chi connectivity index (χ1v) is 8.33. The number of ketones is 1. The average molecular weight is 362 g/mol. The number of aromatic nitrogens is 2. The number of H-pyrrole nitrogens is 1. The predicted molar refractivity (Wildman–Crippen MR) is 99.6 cm³/mol. The molecule has 0 fully saturated rings. The molecule has 0 saturated heterocycles. The van der Waals surface area contributed by atoms with E-state index in [1.807, 2.05) is 48.5 Å². The molecule has 3 aromatic rings. The molecule has 27 heavy (non-hydrogen) atoms. The SMILES string of the molecule is NC(=O)C(=O)[C@H](Cc1ccccc1)NC(=O)c1[nH]cnc1-c1ccccc1. The van der Waals surface area contributed by atoms with Gasteiger partial charge in [0.25, 0.3) is 11.8 Å². The second kappa shape index (κ2) is 8.09. The third kappa shape index (κ3) is 4.27. The van der Waals surface area contributed by atoms with Crippen molar-refractivity contribution in [2.24, 2.45) is 5.73 Å². The van der Waals surface area contributed by atoms with Crippen molar-refractivity contribution in [2.45, 2.75) is 12.5 Å². The summed E-state index contributed by atoms with van der Waals surface area (Å²) in [5.41, 5.74) is 7.36. The molecule has 2 aromatic carbocycles. The zero-order valence-corrected chi connectivity index (χ0v) is 14.4. The van der Waals surface area contributed by atoms with Crippen LogP contribution in [0.5, 0.6) is 0 Å². The van der Waals surface area contributed by atoms with Crippen LogP contribution in [0.4, 0.5) is 0 Å². The summed E-state index contributed by atoms with van der Waals surface area (Å²) in [5.74, 6) is -2.49. The maximum atomic E-state index is 12.7. The second-order valence-corrected chi connectivity index (χ2v) is 5.94. The summed E-state index contributed by atoms with van der Waals surface area (Å²) in [4.78, 5) is 43.3. The lowest BCUT2D eigenvalue weighted by Gasteiger charge is -2.16. The molecule has 0 radical (unpaired) electrons. The van der Waals surface area contributed by atoms with E-state index in [0.717, 1.165) is 11.1 Å². The zero-order valence-electron chi connectivity index (χ0n) is 14.4. The third-order valence-electron chi connectivity index (χ3n) is 4.06. The number of carbonyl (C=O) groups is 3. The predicted octanol–water partition coefficient (Wildman–Crippen LogP) is 1.47. The van der Waals surface area contributed by atoms with E-state index in [4.69, 9.17) is 5.73 Å². The van der Waals surface area contributed by atoms with E-state index < -0.39 is 23.6 Å². The van der Waals surface area contributed by atoms with Crippen molar-refractivity contribution >= 4 is 17.6 Å². The minimum Gasteiger partial charge on any atom is -0.363 e. The number of carbonyl (C=O) groups excluding carboxylic acids is 3. The molecule has 1 heterocycles. The highest BCUT2D eigenvalue weighted by atomic mass is 16.2. The molecule has 1 aromatic heterocycles. The molecule has 136 valence electrons. The summed E-state index contributed by atoms with van der Waals surface area (Å²) in [6.07, 6.45) is 1.56. The summed E-state index contributed by atoms with van der Waals surface area (Å²) >= 11 is 0. The molecule has 7 nitrogen and oxygen atoms in total. The van der Waals surface area contributed by atoms with Gasteiger partial charge in [-0.3, -0.25) is 14.4 Å². The Hall–Kier alpha value is -3.74. The molecule has 0 bridgehead atoms. The first-order chi connectivity index (χ1) is 13.1. The monoisotopic (exact) mass is 362 g/mol. The van der Waals surface area contributed by atoms with Crippen LogP contribution in [0, 0.1) is 0 Å². The van der Waals surface area contributed by atoms with Gasteiger partial charge in [0.15, 0.2) is 0 Å². The van der Waals surface area contributed by atoms with E-state index in [0.29, 0.717) is 5.69 Å². The van der Waals surface area contributed by atoms with Crippen molar-refractivity contribution < 1.29 is 14.4 Å². The highest BCUT2D eigenvalue weighted by Crippen LogP contribution is 2.20. The van der Waals surface area contributed by atoms with E-state index >= 15 is 0 Å². The summed E-state index contributed by atoms with van der Waals surface area (Å²) in [6.45, 7) is 0. The number of hydrogen-bond acceptors (Lipinski definition) is 4. The summed E-state index contributed by atoms with van der Waals surface area (Å²) in [7, 11) is 0. The second-order valence-electron chi connectivity index (χ2n) is 5.94. The van der Waals surface area contributed by atoms with Crippen molar-refractivity contribution in [2.75, 3.05) is 0 Å². The lowest BCUT2D eigenvalue weighted by Crippen LogP contribution is -2.47. The lowest BCUT2D eigenvalue weighted by molar-refractivity contribution is -0.137. The normalized spacial score (nSPS) is 11.6. The Morgan fingerprint density at radius 3 is 2.26 bits per heavy atom. The average Bonchev–Trinajstić information content (AvgIpc) is 3.18. The van der Waals surface area contributed by atoms with Gasteiger partial charge in [0.1, 0.15) is 17.4 Å². The van der Waals surface area contributed by atoms with Crippen molar-refractivity contribution in [1.82, 2.24) is 15.3 Å². The highest BCUT2D eigenvalue weighted by molar-refractivity contribution is 6.38. The van der Waals surface area contributed by atoms with Gasteiger partial charge in [-0.2, -0.15) is 0 Å². The van der Waals surface area contributed by atoms with Gasteiger partial charge >= 0.3 is 0 Å². The number of nitrogens with zero attached hydrogens (tertiary/aromatic N) is 1. The number of hydrogen-bond donors (Lipinski definition) is 3. The molecule has 0 aliphatic heterocycles. The van der Waals surface area contributed by atoms with Gasteiger partial charge in [-0.05, 0) is 5.56 Å². The van der Waals surface area contributed by atoms with Gasteiger partial charge in [-0.25, -0.2) is 4.98 Å². The standard InChI is InChI=1S/C20H18N4O3/c21-19(26)18(25)15(11-13-7-3-1-4-8-13)24-20(27)17-16(22-12-23-17)14-9-5-2-6-10-14/h1-10,12,15H,11H2,(H2,21,26)(H,22,23)(H,24,27)/t15-/m0/s1. The number of nitrogens with two attached hydrogens (primary N) is 1. The van der Waals surface area contributed by atoms with Crippen LogP contribution in [-0.4, -0.2) is 33.6 Å². The Morgan fingerprint density at radius 2 is 1.63 bits per heavy atom. The van der Waals surface area contributed by atoms with Crippen LogP contribution in [0.3, 0.4) is 0 Å². The molecule has 2 amide bonds. The van der Waals surface area contributed by atoms with Crippen LogP contribution in [0.25, 0.3) is 11.3 Å². The third-order valence-corrected chi connectivity index (χ3v) is 4.06. The van der Waals surface area contributed by atoms with Gasteiger partial charge < -0.3 is 16.0 Å². The van der Waals surface area contributed by atoms with Crippen LogP contribution in [0.15, 0.2) is 67.0 Å². The Bertz CT molecular complexity index is 952. The molecule has 4 N–H and O–H groups in total. The highest BCUT2D eigenvalue weighted by Gasteiger charge is 2.27. The lowest BCUT2D eigenvalue weighted by atomic mass is 10.0. The van der Waals surface area contributed by atoms with E-state index in [9.17, 15) is 14.4 Å². The van der Waals surface area contributed by atoms with Crippen LogP contribution in [-0.2, 0) is 16.0 Å². The molecule has 0 aliphatic rings. The maximum Gasteiger partial charge on any atom is 0.287 e. The number of Topliss-reactive ketones (excluding diaryl/α,β-unsaturated/α-hetero) is 1. The molecule has 7 heteroatoms. The molecular weight excluding hydrogens is 344 g/mol. The summed E-state index contributed by atoms with van der Waals surface area (Å²) < 4.78 is 0. The van der Waals surface area contributed by atoms with Gasteiger partial charge in [0.2, 0.25) is 5.78 Å². The van der Waals surface area contributed by atoms with Gasteiger partial charge in [0, 0.05) is 12.0 Å². The smallest absolute Gasteiger partial charge is 0.287 e. The Morgan fingerprint density at radius 1 is 1.00 bits per heavy atom. The summed E-state index contributed by atoms with van der Waals surface area (Å²) in [5, 5.41) is 2.60. The Kier molecular flexibility index (Phi) is 5.41. The van der Waals surface area contributed by atoms with Crippen LogP contribution >= 0.6 is 0 Å². The summed E-state index contributed by atoms with van der Waals surface area (Å²) in [6, 6.07) is 17.2. The van der Waals surface area contributed by atoms with Crippen molar-refractivity contribution in [1.29, 1.82) is 0 Å². The number of benzene rings is 2. The molecule has 0 saturated carbocycles. The fourth-order valence-electron chi connectivity index (χ4n) is 2.74. The number of nitrogens with one attached hydrogen (secondary N) is 2. The number of primary amides is 1. The first-order valence-electron chi connectivity index (χ1n) is 8.33. The molecule has 0 spiro atoms. The largest absolute Gasteiger partial charge is 0.363 e. The number of imidazole rings is 1. The van der Waals surface area contributed by atoms with Crippen molar-refractivity contribution in [3.05, 3.63) is 78.2 Å². The number of rotatable bonds is 7. The molecule has 0 aliphatic carbocycles. The van der Waals surface area contributed by atoms with Crippen LogP contribution in [0.1, 0.15) is 16.1 Å². The molecule has 0 unspecified atom stereocenters. The first kappa shape index (κ1) is 18.1. The minimum atomic E-state index is -1.09. The van der Waals surface area contributed by atoms with E-state index in [2.05, 4.69) is 15.3 Å². The van der Waals surface area contributed by atoms with Crippen LogP contribution < -0.4 is 11.1 Å². The quantitative estimate of drug-likeness (QED) is 0.552. The topological polar surface area (TPSA) is 118 Å². The van der Waals surface area contributed by atoms with Crippen LogP contribution in [0.2, 0.25) is 0 Å². The van der Waals surface area contributed by atoms with Gasteiger partial charge in [-0.1, -0.05) is 60.7 Å². The fraction of sp³-hybridized carbons (Fsp3) is 0.100. The molecular formula is C20H18N4O3. The fourth-order valence-corrected chi connectivity index (χ4v) is 2.74. The minimum absolute atomic E-state index is 0.156. The maximum absolute atomic E-state index is 12.7. The number of amides is 2. The Labute approximate surface area is 155 Å². The molecule has 1 atom stereocenters. The Balaban J connectivity index is 1.84. The molecule has 3 rings (SSSR count). The van der Waals surface area contributed by atoms with E-state index in [1.54, 1.807) is 12.1 Å². The van der Waals surface area contributed by atoms with Gasteiger partial charge in [0.05, 0.1) is 6.33 Å². The zero-order chi connectivity index (χ0) is 19.2. The van der Waals surface area contributed by atoms with E-state index in [-0.39, 0.29) is 12.1 Å². The van der Waals surface area contributed by atoms with Crippen molar-refractivity contribution in [3.63, 3.8) is 0 Å². The number of aromatic amines is 1.